The summed E-state index contributed by atoms with van der Waals surface area (Å²) < 4.78 is 11.2. The van der Waals surface area contributed by atoms with Crippen LogP contribution in [-0.2, 0) is 9.47 Å². The predicted molar refractivity (Wildman–Crippen MR) is 65.5 cm³/mol. The van der Waals surface area contributed by atoms with Crippen LogP contribution in [0.1, 0.15) is 27.2 Å². The molecule has 4 nitrogen and oxygen atoms in total. The first-order chi connectivity index (χ1) is 7.63. The highest BCUT2D eigenvalue weighted by atomic mass is 16.5. The van der Waals surface area contributed by atoms with Gasteiger partial charge in [-0.3, -0.25) is 4.90 Å². The maximum Gasteiger partial charge on any atom is 0.0875 e. The summed E-state index contributed by atoms with van der Waals surface area (Å²) in [6.07, 6.45) is 1.55. The van der Waals surface area contributed by atoms with Crippen molar-refractivity contribution in [3.63, 3.8) is 0 Å². The highest BCUT2D eigenvalue weighted by molar-refractivity contribution is 4.80. The molecule has 0 amide bonds. The van der Waals surface area contributed by atoms with Crippen LogP contribution in [0.3, 0.4) is 0 Å². The normalized spacial score (nSPS) is 24.9. The lowest BCUT2D eigenvalue weighted by Gasteiger charge is -2.35. The van der Waals surface area contributed by atoms with E-state index in [0.717, 1.165) is 26.2 Å². The Hall–Kier alpha value is -0.160. The molecule has 1 saturated heterocycles. The Balaban J connectivity index is 2.28. The molecule has 4 heteroatoms. The average molecular weight is 230 g/mol. The lowest BCUT2D eigenvalue weighted by atomic mass is 10.1. The maximum absolute atomic E-state index is 6.08. The summed E-state index contributed by atoms with van der Waals surface area (Å²) in [6.45, 7) is 10.7. The van der Waals surface area contributed by atoms with Crippen LogP contribution in [0.15, 0.2) is 0 Å². The maximum atomic E-state index is 6.08. The minimum absolute atomic E-state index is 0.0120. The van der Waals surface area contributed by atoms with Crippen molar-refractivity contribution in [3.8, 4) is 0 Å². The monoisotopic (exact) mass is 230 g/mol. The lowest BCUT2D eigenvalue weighted by Crippen LogP contribution is -2.52. The number of rotatable bonds is 6. The van der Waals surface area contributed by atoms with Crippen LogP contribution in [-0.4, -0.2) is 56.0 Å². The standard InChI is InChI=1S/C12H26N2O2/c1-4-5-14-6-7-15-12(8-14)11(13)9-16-10(2)3/h10-12H,4-9,13H2,1-3H3. The van der Waals surface area contributed by atoms with Gasteiger partial charge >= 0.3 is 0 Å². The zero-order valence-corrected chi connectivity index (χ0v) is 10.8. The smallest absolute Gasteiger partial charge is 0.0875 e. The summed E-state index contributed by atoms with van der Waals surface area (Å²) in [5.41, 5.74) is 6.08. The lowest BCUT2D eigenvalue weighted by molar-refractivity contribution is -0.0589. The molecule has 0 spiro atoms. The molecule has 2 atom stereocenters. The predicted octanol–water partition coefficient (Wildman–Crippen LogP) is 0.850. The first-order valence-corrected chi connectivity index (χ1v) is 6.34. The van der Waals surface area contributed by atoms with E-state index >= 15 is 0 Å². The molecule has 2 unspecified atom stereocenters. The van der Waals surface area contributed by atoms with E-state index in [-0.39, 0.29) is 18.2 Å². The van der Waals surface area contributed by atoms with E-state index in [1.165, 1.54) is 6.42 Å². The summed E-state index contributed by atoms with van der Waals surface area (Å²) in [7, 11) is 0. The summed E-state index contributed by atoms with van der Waals surface area (Å²) in [5.74, 6) is 0. The Labute approximate surface area is 99.1 Å². The van der Waals surface area contributed by atoms with Crippen LogP contribution in [0.4, 0.5) is 0 Å². The molecule has 1 fully saturated rings. The highest BCUT2D eigenvalue weighted by Crippen LogP contribution is 2.09. The molecule has 16 heavy (non-hydrogen) atoms. The van der Waals surface area contributed by atoms with Crippen molar-refractivity contribution in [1.82, 2.24) is 4.90 Å². The molecule has 1 aliphatic heterocycles. The average Bonchev–Trinajstić information content (AvgIpc) is 2.26. The van der Waals surface area contributed by atoms with E-state index in [9.17, 15) is 0 Å². The zero-order chi connectivity index (χ0) is 12.0. The molecule has 1 heterocycles. The van der Waals surface area contributed by atoms with Crippen molar-refractivity contribution in [3.05, 3.63) is 0 Å². The fraction of sp³-hybridized carbons (Fsp3) is 1.00. The van der Waals surface area contributed by atoms with Gasteiger partial charge in [-0.2, -0.15) is 0 Å². The summed E-state index contributed by atoms with van der Waals surface area (Å²) in [4.78, 5) is 2.42. The third-order valence-electron chi connectivity index (χ3n) is 2.82. The number of hydrogen-bond donors (Lipinski definition) is 1. The minimum Gasteiger partial charge on any atom is -0.377 e. The third kappa shape index (κ3) is 4.78. The van der Waals surface area contributed by atoms with Gasteiger partial charge in [-0.1, -0.05) is 6.92 Å². The van der Waals surface area contributed by atoms with Gasteiger partial charge in [-0.15, -0.1) is 0 Å². The van der Waals surface area contributed by atoms with Crippen LogP contribution in [0.25, 0.3) is 0 Å². The van der Waals surface area contributed by atoms with Crippen LogP contribution < -0.4 is 5.73 Å². The van der Waals surface area contributed by atoms with Crippen molar-refractivity contribution in [2.24, 2.45) is 5.73 Å². The van der Waals surface area contributed by atoms with E-state index in [2.05, 4.69) is 11.8 Å². The van der Waals surface area contributed by atoms with Crippen LogP contribution in [0.5, 0.6) is 0 Å². The van der Waals surface area contributed by atoms with E-state index < -0.39 is 0 Å². The van der Waals surface area contributed by atoms with Crippen LogP contribution >= 0.6 is 0 Å². The molecule has 1 aliphatic rings. The fourth-order valence-corrected chi connectivity index (χ4v) is 1.92. The second kappa shape index (κ2) is 7.22. The van der Waals surface area contributed by atoms with Crippen molar-refractivity contribution in [2.75, 3.05) is 32.8 Å². The molecular formula is C12H26N2O2. The Kier molecular flexibility index (Phi) is 6.28. The molecule has 96 valence electrons. The second-order valence-corrected chi connectivity index (χ2v) is 4.76. The van der Waals surface area contributed by atoms with Crippen molar-refractivity contribution >= 4 is 0 Å². The minimum atomic E-state index is -0.0120. The molecule has 1 rings (SSSR count). The topological polar surface area (TPSA) is 47.7 Å². The molecule has 2 N–H and O–H groups in total. The van der Waals surface area contributed by atoms with Gasteiger partial charge in [0.25, 0.3) is 0 Å². The van der Waals surface area contributed by atoms with E-state index in [1.54, 1.807) is 0 Å². The van der Waals surface area contributed by atoms with Gasteiger partial charge in [0.15, 0.2) is 0 Å². The Bertz CT molecular complexity index is 186. The Morgan fingerprint density at radius 2 is 2.25 bits per heavy atom. The molecule has 0 aromatic carbocycles. The summed E-state index contributed by atoms with van der Waals surface area (Å²) in [5, 5.41) is 0. The number of nitrogens with two attached hydrogens (primary N) is 1. The Morgan fingerprint density at radius 1 is 1.50 bits per heavy atom. The quantitative estimate of drug-likeness (QED) is 0.735. The van der Waals surface area contributed by atoms with Crippen LogP contribution in [0.2, 0.25) is 0 Å². The zero-order valence-electron chi connectivity index (χ0n) is 10.8. The molecule has 0 aromatic heterocycles. The first kappa shape index (κ1) is 13.9. The molecule has 0 saturated carbocycles. The number of ether oxygens (including phenoxy) is 2. The fourth-order valence-electron chi connectivity index (χ4n) is 1.92. The summed E-state index contributed by atoms with van der Waals surface area (Å²) in [6, 6.07) is -0.0120. The van der Waals surface area contributed by atoms with Gasteiger partial charge < -0.3 is 15.2 Å². The number of nitrogens with zero attached hydrogens (tertiary/aromatic N) is 1. The van der Waals surface area contributed by atoms with Crippen molar-refractivity contribution in [1.29, 1.82) is 0 Å². The number of morpholine rings is 1. The molecule has 0 bridgehead atoms. The van der Waals surface area contributed by atoms with E-state index in [4.69, 9.17) is 15.2 Å². The molecule has 0 aromatic rings. The van der Waals surface area contributed by atoms with E-state index in [1.807, 2.05) is 13.8 Å². The molecule has 0 aliphatic carbocycles. The van der Waals surface area contributed by atoms with Gasteiger partial charge in [-0.05, 0) is 26.8 Å². The van der Waals surface area contributed by atoms with Gasteiger partial charge in [-0.25, -0.2) is 0 Å². The van der Waals surface area contributed by atoms with Crippen LogP contribution in [0, 0.1) is 0 Å². The largest absolute Gasteiger partial charge is 0.377 e. The first-order valence-electron chi connectivity index (χ1n) is 6.34. The van der Waals surface area contributed by atoms with Gasteiger partial charge in [0.1, 0.15) is 0 Å². The SMILES string of the molecule is CCCN1CCOC(C(N)COC(C)C)C1. The highest BCUT2D eigenvalue weighted by Gasteiger charge is 2.25. The number of hydrogen-bond acceptors (Lipinski definition) is 4. The van der Waals surface area contributed by atoms with E-state index in [0.29, 0.717) is 6.61 Å². The van der Waals surface area contributed by atoms with Gasteiger partial charge in [0.2, 0.25) is 0 Å². The Morgan fingerprint density at radius 3 is 2.88 bits per heavy atom. The third-order valence-corrected chi connectivity index (χ3v) is 2.82. The van der Waals surface area contributed by atoms with Gasteiger partial charge in [0, 0.05) is 13.1 Å². The summed E-state index contributed by atoms with van der Waals surface area (Å²) >= 11 is 0. The van der Waals surface area contributed by atoms with Crippen molar-refractivity contribution < 1.29 is 9.47 Å². The van der Waals surface area contributed by atoms with Gasteiger partial charge in [0.05, 0.1) is 31.5 Å². The molecule has 0 radical (unpaired) electrons. The molecular weight excluding hydrogens is 204 g/mol. The van der Waals surface area contributed by atoms with Crippen molar-refractivity contribution in [2.45, 2.75) is 45.4 Å². The second-order valence-electron chi connectivity index (χ2n) is 4.76.